The zero-order valence-corrected chi connectivity index (χ0v) is 8.70. The monoisotopic (exact) mass is 214 g/mol. The number of hydrogen-bond donors (Lipinski definition) is 2. The Labute approximate surface area is 86.0 Å². The van der Waals surface area contributed by atoms with Crippen LogP contribution in [0.4, 0.5) is 5.13 Å². The Balaban J connectivity index is 2.00. The predicted octanol–water partition coefficient (Wildman–Crippen LogP) is 1.89. The van der Waals surface area contributed by atoms with E-state index in [1.165, 1.54) is 24.2 Å². The van der Waals surface area contributed by atoms with Crippen molar-refractivity contribution in [2.75, 3.05) is 11.1 Å². The van der Waals surface area contributed by atoms with E-state index in [1.54, 1.807) is 0 Å². The van der Waals surface area contributed by atoms with E-state index in [-0.39, 0.29) is 11.7 Å². The van der Waals surface area contributed by atoms with Gasteiger partial charge in [-0.2, -0.15) is 12.6 Å². The summed E-state index contributed by atoms with van der Waals surface area (Å²) < 4.78 is 0. The van der Waals surface area contributed by atoms with Crippen LogP contribution in [-0.4, -0.2) is 16.6 Å². The van der Waals surface area contributed by atoms with Crippen LogP contribution >= 0.6 is 24.0 Å². The molecule has 0 saturated heterocycles. The molecule has 1 aliphatic rings. The second-order valence-electron chi connectivity index (χ2n) is 3.06. The number of carbonyl (C=O) groups is 1. The summed E-state index contributed by atoms with van der Waals surface area (Å²) in [5.41, 5.74) is 1.12. The Kier molecular flexibility index (Phi) is 2.55. The summed E-state index contributed by atoms with van der Waals surface area (Å²) in [7, 11) is 0. The lowest BCUT2D eigenvalue weighted by Gasteiger charge is -1.95. The van der Waals surface area contributed by atoms with Crippen molar-refractivity contribution in [1.29, 1.82) is 0 Å². The third-order valence-corrected chi connectivity index (χ3v) is 2.97. The van der Waals surface area contributed by atoms with E-state index < -0.39 is 0 Å². The lowest BCUT2D eigenvalue weighted by atomic mass is 10.3. The molecule has 1 aromatic heterocycles. The molecule has 0 aliphatic heterocycles. The first-order valence-electron chi connectivity index (χ1n) is 4.15. The fourth-order valence-electron chi connectivity index (χ4n) is 1.07. The molecule has 0 bridgehead atoms. The minimum atomic E-state index is -0.0972. The van der Waals surface area contributed by atoms with Gasteiger partial charge < -0.3 is 5.32 Å². The molecule has 1 aromatic rings. The maximum atomic E-state index is 11.0. The van der Waals surface area contributed by atoms with Gasteiger partial charge in [0.2, 0.25) is 5.91 Å². The molecule has 0 radical (unpaired) electrons. The second kappa shape index (κ2) is 3.67. The molecular formula is C8H10N2OS2. The molecule has 5 heteroatoms. The molecule has 0 spiro atoms. The Bertz CT molecular complexity index is 320. The molecule has 3 nitrogen and oxygen atoms in total. The highest BCUT2D eigenvalue weighted by Gasteiger charge is 2.26. The molecule has 0 aromatic carbocycles. The highest BCUT2D eigenvalue weighted by molar-refractivity contribution is 7.81. The van der Waals surface area contributed by atoms with Crippen LogP contribution in [0.1, 0.15) is 24.5 Å². The fraction of sp³-hybridized carbons (Fsp3) is 0.500. The predicted molar refractivity (Wildman–Crippen MR) is 56.6 cm³/mol. The lowest BCUT2D eigenvalue weighted by molar-refractivity contribution is -0.113. The lowest BCUT2D eigenvalue weighted by Crippen LogP contribution is -2.12. The van der Waals surface area contributed by atoms with Gasteiger partial charge in [-0.15, -0.1) is 11.3 Å². The molecule has 1 heterocycles. The van der Waals surface area contributed by atoms with Gasteiger partial charge in [0.15, 0.2) is 5.13 Å². The number of nitrogens with one attached hydrogen (secondary N) is 1. The summed E-state index contributed by atoms with van der Waals surface area (Å²) >= 11 is 5.35. The first-order valence-corrected chi connectivity index (χ1v) is 5.67. The molecular weight excluding hydrogens is 204 g/mol. The van der Waals surface area contributed by atoms with E-state index in [0.717, 1.165) is 5.69 Å². The number of anilines is 1. The van der Waals surface area contributed by atoms with E-state index in [2.05, 4.69) is 22.9 Å². The summed E-state index contributed by atoms with van der Waals surface area (Å²) in [5, 5.41) is 5.40. The van der Waals surface area contributed by atoms with Crippen LogP contribution < -0.4 is 5.32 Å². The van der Waals surface area contributed by atoms with Gasteiger partial charge in [0.05, 0.1) is 11.4 Å². The van der Waals surface area contributed by atoms with Crippen molar-refractivity contribution in [3.8, 4) is 0 Å². The second-order valence-corrected chi connectivity index (χ2v) is 4.23. The Morgan fingerprint density at radius 1 is 1.77 bits per heavy atom. The molecule has 1 aliphatic carbocycles. The quantitative estimate of drug-likeness (QED) is 0.754. The molecule has 13 heavy (non-hydrogen) atoms. The van der Waals surface area contributed by atoms with E-state index in [9.17, 15) is 4.79 Å². The van der Waals surface area contributed by atoms with E-state index in [0.29, 0.717) is 11.0 Å². The summed E-state index contributed by atoms with van der Waals surface area (Å²) in [5.74, 6) is 0.760. The van der Waals surface area contributed by atoms with Crippen molar-refractivity contribution in [2.45, 2.75) is 18.8 Å². The Morgan fingerprint density at radius 3 is 3.15 bits per heavy atom. The summed E-state index contributed by atoms with van der Waals surface area (Å²) in [6.07, 6.45) is 2.48. The molecule has 70 valence electrons. The standard InChI is InChI=1S/C8H10N2OS2/c11-7(3-12)10-8-9-6(4-13-8)5-1-2-5/h4-5,12H,1-3H2,(H,9,10,11). The van der Waals surface area contributed by atoms with Crippen molar-refractivity contribution in [1.82, 2.24) is 4.98 Å². The average molecular weight is 214 g/mol. The highest BCUT2D eigenvalue weighted by Crippen LogP contribution is 2.40. The van der Waals surface area contributed by atoms with Crippen LogP contribution in [0.2, 0.25) is 0 Å². The van der Waals surface area contributed by atoms with Crippen LogP contribution in [0, 0.1) is 0 Å². The normalized spacial score (nSPS) is 15.8. The van der Waals surface area contributed by atoms with Gasteiger partial charge in [-0.25, -0.2) is 4.98 Å². The number of carbonyl (C=O) groups excluding carboxylic acids is 1. The summed E-state index contributed by atoms with van der Waals surface area (Å²) in [6, 6.07) is 0. The number of aromatic nitrogens is 1. The van der Waals surface area contributed by atoms with E-state index >= 15 is 0 Å². The Hall–Kier alpha value is -0.550. The maximum Gasteiger partial charge on any atom is 0.235 e. The van der Waals surface area contributed by atoms with Crippen LogP contribution in [-0.2, 0) is 4.79 Å². The highest BCUT2D eigenvalue weighted by atomic mass is 32.1. The first-order chi connectivity index (χ1) is 6.29. The molecule has 1 fully saturated rings. The maximum absolute atomic E-state index is 11.0. The number of rotatable bonds is 3. The average Bonchev–Trinajstić information content (AvgIpc) is 2.88. The number of amides is 1. The van der Waals surface area contributed by atoms with Gasteiger partial charge in [0.25, 0.3) is 0 Å². The van der Waals surface area contributed by atoms with Crippen molar-refractivity contribution in [3.05, 3.63) is 11.1 Å². The molecule has 0 unspecified atom stereocenters. The van der Waals surface area contributed by atoms with Gasteiger partial charge in [0, 0.05) is 11.3 Å². The number of thiazole rings is 1. The molecule has 2 rings (SSSR count). The molecule has 0 atom stereocenters. The zero-order valence-electron chi connectivity index (χ0n) is 6.99. The number of nitrogens with zero attached hydrogens (tertiary/aromatic N) is 1. The van der Waals surface area contributed by atoms with Crippen LogP contribution in [0.15, 0.2) is 5.38 Å². The minimum absolute atomic E-state index is 0.0972. The van der Waals surface area contributed by atoms with Crippen molar-refractivity contribution in [2.24, 2.45) is 0 Å². The zero-order chi connectivity index (χ0) is 9.26. The third-order valence-electron chi connectivity index (χ3n) is 1.91. The smallest absolute Gasteiger partial charge is 0.235 e. The van der Waals surface area contributed by atoms with E-state index in [4.69, 9.17) is 0 Å². The first kappa shape index (κ1) is 9.02. The fourth-order valence-corrected chi connectivity index (χ4v) is 1.96. The van der Waals surface area contributed by atoms with Crippen LogP contribution in [0.3, 0.4) is 0 Å². The molecule has 1 N–H and O–H groups in total. The third kappa shape index (κ3) is 2.22. The number of thiol groups is 1. The number of hydrogen-bond acceptors (Lipinski definition) is 4. The van der Waals surface area contributed by atoms with Crippen molar-refractivity contribution >= 4 is 35.0 Å². The summed E-state index contributed by atoms with van der Waals surface area (Å²) in [4.78, 5) is 15.3. The van der Waals surface area contributed by atoms with Gasteiger partial charge in [-0.3, -0.25) is 4.79 Å². The molecule has 1 amide bonds. The Morgan fingerprint density at radius 2 is 2.54 bits per heavy atom. The van der Waals surface area contributed by atoms with Crippen molar-refractivity contribution < 1.29 is 4.79 Å². The topological polar surface area (TPSA) is 42.0 Å². The van der Waals surface area contributed by atoms with Gasteiger partial charge in [-0.1, -0.05) is 0 Å². The van der Waals surface area contributed by atoms with Gasteiger partial charge in [-0.05, 0) is 12.8 Å². The van der Waals surface area contributed by atoms with E-state index in [1.807, 2.05) is 5.38 Å². The molecule has 1 saturated carbocycles. The van der Waals surface area contributed by atoms with Crippen LogP contribution in [0.5, 0.6) is 0 Å². The largest absolute Gasteiger partial charge is 0.301 e. The minimum Gasteiger partial charge on any atom is -0.301 e. The SMILES string of the molecule is O=C(CS)Nc1nc(C2CC2)cs1. The summed E-state index contributed by atoms with van der Waals surface area (Å²) in [6.45, 7) is 0. The van der Waals surface area contributed by atoms with Gasteiger partial charge in [0.1, 0.15) is 0 Å². The van der Waals surface area contributed by atoms with Crippen molar-refractivity contribution in [3.63, 3.8) is 0 Å². The van der Waals surface area contributed by atoms with Gasteiger partial charge >= 0.3 is 0 Å². The van der Waals surface area contributed by atoms with Crippen LogP contribution in [0.25, 0.3) is 0 Å².